The molecule has 1 aliphatic heterocycles. The topological polar surface area (TPSA) is 78.5 Å². The number of halogens is 1. The fourth-order valence-electron chi connectivity index (χ4n) is 5.07. The number of amides is 1. The van der Waals surface area contributed by atoms with E-state index in [9.17, 15) is 13.2 Å². The fourth-order valence-corrected chi connectivity index (χ4v) is 8.14. The van der Waals surface area contributed by atoms with Crippen LogP contribution in [0.3, 0.4) is 0 Å². The minimum Gasteiger partial charge on any atom is -0.347 e. The second-order valence-electron chi connectivity index (χ2n) is 9.69. The maximum atomic E-state index is 13.3. The summed E-state index contributed by atoms with van der Waals surface area (Å²) in [6.45, 7) is 2.43. The van der Waals surface area contributed by atoms with E-state index in [4.69, 9.17) is 11.6 Å². The van der Waals surface area contributed by atoms with Gasteiger partial charge in [0.2, 0.25) is 0 Å². The van der Waals surface area contributed by atoms with Gasteiger partial charge in [0.25, 0.3) is 15.9 Å². The van der Waals surface area contributed by atoms with Gasteiger partial charge in [-0.1, -0.05) is 43.7 Å². The van der Waals surface area contributed by atoms with Crippen LogP contribution in [0.25, 0.3) is 0 Å². The van der Waals surface area contributed by atoms with Crippen LogP contribution in [0, 0.1) is 5.92 Å². The summed E-state index contributed by atoms with van der Waals surface area (Å²) in [7, 11) is -3.52. The smallest absolute Gasteiger partial charge is 0.252 e. The molecule has 192 valence electrons. The van der Waals surface area contributed by atoms with E-state index >= 15 is 0 Å². The zero-order chi connectivity index (χ0) is 24.7. The Balaban J connectivity index is 1.25. The second kappa shape index (κ2) is 12.7. The second-order valence-corrected chi connectivity index (χ2v) is 13.5. The molecule has 1 unspecified atom stereocenters. The first-order chi connectivity index (χ1) is 16.9. The van der Waals surface area contributed by atoms with Gasteiger partial charge in [-0.2, -0.15) is 4.31 Å². The molecule has 9 heteroatoms. The lowest BCUT2D eigenvalue weighted by Gasteiger charge is -2.23. The fraction of sp³-hybridized carbons (Fsp3) is 0.577. The number of thiophene rings is 1. The third-order valence-electron chi connectivity index (χ3n) is 7.16. The van der Waals surface area contributed by atoms with Gasteiger partial charge in [-0.3, -0.25) is 4.79 Å². The first-order valence-electron chi connectivity index (χ1n) is 12.8. The molecule has 2 heterocycles. The Morgan fingerprint density at radius 3 is 2.51 bits per heavy atom. The Labute approximate surface area is 218 Å². The van der Waals surface area contributed by atoms with Crippen molar-refractivity contribution in [1.29, 1.82) is 0 Å². The van der Waals surface area contributed by atoms with Crippen LogP contribution < -0.4 is 10.6 Å². The van der Waals surface area contributed by atoms with Crippen LogP contribution in [-0.2, 0) is 16.6 Å². The molecule has 2 aromatic rings. The summed E-state index contributed by atoms with van der Waals surface area (Å²) in [5, 5.41) is 7.13. The van der Waals surface area contributed by atoms with E-state index in [2.05, 4.69) is 10.6 Å². The van der Waals surface area contributed by atoms with Crippen LogP contribution in [0.4, 0.5) is 0 Å². The van der Waals surface area contributed by atoms with Gasteiger partial charge in [-0.25, -0.2) is 8.42 Å². The molecule has 2 fully saturated rings. The molecule has 1 amide bonds. The van der Waals surface area contributed by atoms with E-state index in [1.54, 1.807) is 40.7 Å². The highest BCUT2D eigenvalue weighted by Gasteiger charge is 2.29. The molecule has 0 spiro atoms. The van der Waals surface area contributed by atoms with Crippen molar-refractivity contribution >= 4 is 38.9 Å². The van der Waals surface area contributed by atoms with Crippen molar-refractivity contribution in [3.63, 3.8) is 0 Å². The van der Waals surface area contributed by atoms with Gasteiger partial charge in [-0.05, 0) is 74.5 Å². The molecule has 1 aromatic carbocycles. The minimum absolute atomic E-state index is 0.214. The SMILES string of the molecule is O=C(NCc1ccc(S(=O)(=O)N2CCCC(NCCC3CCCCC3)CC2)s1)c1ccc(Cl)cc1. The molecule has 2 aliphatic rings. The molecular formula is C26H36ClN3O3S2. The summed E-state index contributed by atoms with van der Waals surface area (Å²) in [5.41, 5.74) is 0.519. The van der Waals surface area contributed by atoms with E-state index in [1.807, 2.05) is 0 Å². The molecule has 4 rings (SSSR count). The van der Waals surface area contributed by atoms with Crippen LogP contribution in [0.2, 0.25) is 5.02 Å². The van der Waals surface area contributed by atoms with Gasteiger partial charge in [0.15, 0.2) is 0 Å². The minimum atomic E-state index is -3.52. The number of hydrogen-bond acceptors (Lipinski definition) is 5. The van der Waals surface area contributed by atoms with E-state index in [1.165, 1.54) is 49.9 Å². The zero-order valence-corrected chi connectivity index (χ0v) is 22.6. The molecule has 1 aliphatic carbocycles. The summed E-state index contributed by atoms with van der Waals surface area (Å²) < 4.78 is 28.6. The zero-order valence-electron chi connectivity index (χ0n) is 20.2. The van der Waals surface area contributed by atoms with Crippen molar-refractivity contribution in [3.8, 4) is 0 Å². The Bertz CT molecular complexity index is 1070. The summed E-state index contributed by atoms with van der Waals surface area (Å²) in [6.07, 6.45) is 10.8. The molecule has 1 saturated heterocycles. The van der Waals surface area contributed by atoms with Crippen LogP contribution in [0.5, 0.6) is 0 Å². The molecule has 35 heavy (non-hydrogen) atoms. The number of nitrogens with one attached hydrogen (secondary N) is 2. The largest absolute Gasteiger partial charge is 0.347 e. The summed E-state index contributed by atoms with van der Waals surface area (Å²) in [6, 6.07) is 10.5. The number of carbonyl (C=O) groups excluding carboxylic acids is 1. The van der Waals surface area contributed by atoms with Crippen LogP contribution in [0.15, 0.2) is 40.6 Å². The molecule has 2 N–H and O–H groups in total. The van der Waals surface area contributed by atoms with Gasteiger partial charge in [0, 0.05) is 34.6 Å². The lowest BCUT2D eigenvalue weighted by atomic mass is 9.87. The van der Waals surface area contributed by atoms with E-state index < -0.39 is 10.0 Å². The lowest BCUT2D eigenvalue weighted by molar-refractivity contribution is 0.0951. The van der Waals surface area contributed by atoms with Crippen molar-refractivity contribution < 1.29 is 13.2 Å². The molecule has 0 bridgehead atoms. The number of carbonyl (C=O) groups is 1. The third-order valence-corrected chi connectivity index (χ3v) is 10.9. The van der Waals surface area contributed by atoms with Crippen LogP contribution in [0.1, 0.15) is 73.0 Å². The predicted molar refractivity (Wildman–Crippen MR) is 143 cm³/mol. The standard InChI is InChI=1S/C26H36ClN3O3S2/c27-22-10-8-21(9-11-22)26(31)29-19-24-12-13-25(34-24)35(32,33)30-17-4-7-23(15-18-30)28-16-14-20-5-2-1-3-6-20/h8-13,20,23,28H,1-7,14-19H2,(H,29,31). The van der Waals surface area contributed by atoms with Gasteiger partial charge < -0.3 is 10.6 Å². The van der Waals surface area contributed by atoms with Crippen LogP contribution >= 0.6 is 22.9 Å². The molecule has 0 radical (unpaired) electrons. The Kier molecular flexibility index (Phi) is 9.64. The number of rotatable bonds is 9. The maximum absolute atomic E-state index is 13.3. The predicted octanol–water partition coefficient (Wildman–Crippen LogP) is 5.43. The molecule has 1 atom stereocenters. The Morgan fingerprint density at radius 2 is 1.74 bits per heavy atom. The Morgan fingerprint density at radius 1 is 0.971 bits per heavy atom. The molecule has 1 aromatic heterocycles. The summed E-state index contributed by atoms with van der Waals surface area (Å²) >= 11 is 7.10. The number of hydrogen-bond donors (Lipinski definition) is 2. The highest BCUT2D eigenvalue weighted by Crippen LogP contribution is 2.28. The van der Waals surface area contributed by atoms with E-state index in [0.29, 0.717) is 33.9 Å². The van der Waals surface area contributed by atoms with Crippen LogP contribution in [-0.4, -0.2) is 44.3 Å². The maximum Gasteiger partial charge on any atom is 0.252 e. The average molecular weight is 538 g/mol. The van der Waals surface area contributed by atoms with Crippen molar-refractivity contribution in [2.24, 2.45) is 5.92 Å². The first-order valence-corrected chi connectivity index (χ1v) is 15.4. The molecular weight excluding hydrogens is 502 g/mol. The van der Waals surface area contributed by atoms with E-state index in [0.717, 1.165) is 36.6 Å². The Hall–Kier alpha value is -1.45. The summed E-state index contributed by atoms with van der Waals surface area (Å²) in [4.78, 5) is 13.1. The quantitative estimate of drug-likeness (QED) is 0.447. The van der Waals surface area contributed by atoms with Crippen molar-refractivity contribution in [2.75, 3.05) is 19.6 Å². The highest BCUT2D eigenvalue weighted by atomic mass is 35.5. The van der Waals surface area contributed by atoms with Gasteiger partial charge in [0.1, 0.15) is 4.21 Å². The number of benzene rings is 1. The van der Waals surface area contributed by atoms with Gasteiger partial charge >= 0.3 is 0 Å². The molecule has 6 nitrogen and oxygen atoms in total. The third kappa shape index (κ3) is 7.52. The van der Waals surface area contributed by atoms with Crippen molar-refractivity contribution in [1.82, 2.24) is 14.9 Å². The monoisotopic (exact) mass is 537 g/mol. The van der Waals surface area contributed by atoms with Gasteiger partial charge in [-0.15, -0.1) is 11.3 Å². The molecule has 1 saturated carbocycles. The number of sulfonamides is 1. The van der Waals surface area contributed by atoms with E-state index in [-0.39, 0.29) is 12.5 Å². The van der Waals surface area contributed by atoms with Crippen molar-refractivity contribution in [3.05, 3.63) is 51.9 Å². The van der Waals surface area contributed by atoms with Gasteiger partial charge in [0.05, 0.1) is 6.54 Å². The number of nitrogens with zero attached hydrogens (tertiary/aromatic N) is 1. The summed E-state index contributed by atoms with van der Waals surface area (Å²) in [5.74, 6) is 0.650. The highest BCUT2D eigenvalue weighted by molar-refractivity contribution is 7.91. The lowest BCUT2D eigenvalue weighted by Crippen LogP contribution is -2.34. The first kappa shape index (κ1) is 26.6. The van der Waals surface area contributed by atoms with Crippen molar-refractivity contribution in [2.45, 2.75) is 74.6 Å². The normalized spacial score (nSPS) is 20.4. The average Bonchev–Trinajstić information content (AvgIpc) is 3.22.